The van der Waals surface area contributed by atoms with E-state index in [1.54, 1.807) is 11.0 Å². The van der Waals surface area contributed by atoms with Gasteiger partial charge in [-0.05, 0) is 20.8 Å². The Morgan fingerprint density at radius 2 is 2.36 bits per heavy atom. The normalized spacial score (nSPS) is 10.6. The van der Waals surface area contributed by atoms with Gasteiger partial charge in [-0.1, -0.05) is 0 Å². The molecule has 1 heterocycles. The molecule has 0 aliphatic heterocycles. The first-order chi connectivity index (χ1) is 6.56. The molecule has 5 nitrogen and oxygen atoms in total. The number of carbonyl (C=O) groups excluding carboxylic acids is 1. The van der Waals surface area contributed by atoms with E-state index in [0.717, 1.165) is 0 Å². The van der Waals surface area contributed by atoms with E-state index in [1.165, 1.54) is 0 Å². The molecule has 5 heteroatoms. The van der Waals surface area contributed by atoms with E-state index in [1.807, 2.05) is 20.8 Å². The molecule has 0 saturated carbocycles. The second-order valence-corrected chi connectivity index (χ2v) is 3.39. The molecular formula is C9H16N4O. The second kappa shape index (κ2) is 4.13. The molecule has 0 aliphatic carbocycles. The molecule has 1 aromatic heterocycles. The lowest BCUT2D eigenvalue weighted by molar-refractivity contribution is 0.0711. The van der Waals surface area contributed by atoms with Crippen molar-refractivity contribution in [3.8, 4) is 0 Å². The molecule has 1 aromatic rings. The molecule has 0 spiro atoms. The van der Waals surface area contributed by atoms with Gasteiger partial charge in [0.2, 0.25) is 0 Å². The van der Waals surface area contributed by atoms with Gasteiger partial charge in [-0.25, -0.2) is 0 Å². The monoisotopic (exact) mass is 196 g/mol. The van der Waals surface area contributed by atoms with Crippen LogP contribution in [-0.4, -0.2) is 33.6 Å². The first-order valence-corrected chi connectivity index (χ1v) is 4.68. The molecular weight excluding hydrogens is 180 g/mol. The van der Waals surface area contributed by atoms with Crippen molar-refractivity contribution in [3.05, 3.63) is 11.8 Å². The van der Waals surface area contributed by atoms with Crippen LogP contribution in [0.1, 0.15) is 31.3 Å². The smallest absolute Gasteiger partial charge is 0.272 e. The number of H-pyrrole nitrogens is 1. The highest BCUT2D eigenvalue weighted by Crippen LogP contribution is 2.07. The van der Waals surface area contributed by atoms with Crippen LogP contribution in [0, 0.1) is 0 Å². The highest BCUT2D eigenvalue weighted by atomic mass is 16.2. The Balaban J connectivity index is 2.83. The zero-order valence-electron chi connectivity index (χ0n) is 8.74. The van der Waals surface area contributed by atoms with E-state index in [-0.39, 0.29) is 11.9 Å². The predicted octanol–water partition coefficient (Wildman–Crippen LogP) is 0.862. The Labute approximate surface area is 83.3 Å². The van der Waals surface area contributed by atoms with Gasteiger partial charge in [0.15, 0.2) is 0 Å². The lowest BCUT2D eigenvalue weighted by atomic mass is 10.2. The van der Waals surface area contributed by atoms with Crippen LogP contribution in [0.3, 0.4) is 0 Å². The molecule has 0 unspecified atom stereocenters. The fourth-order valence-electron chi connectivity index (χ4n) is 1.34. The van der Waals surface area contributed by atoms with E-state index in [4.69, 9.17) is 5.73 Å². The molecule has 3 N–H and O–H groups in total. The standard InChI is InChI=1S/C9H16N4O/c1-4-13(6(2)3)9(14)7-5-8(10)12-11-7/h5-6H,4H2,1-3H3,(H3,10,11,12). The van der Waals surface area contributed by atoms with Gasteiger partial charge in [-0.15, -0.1) is 0 Å². The van der Waals surface area contributed by atoms with Crippen LogP contribution in [-0.2, 0) is 0 Å². The van der Waals surface area contributed by atoms with E-state index in [0.29, 0.717) is 18.1 Å². The minimum absolute atomic E-state index is 0.0632. The number of rotatable bonds is 3. The molecule has 0 saturated heterocycles. The third kappa shape index (κ3) is 2.04. The molecule has 0 bridgehead atoms. The maximum absolute atomic E-state index is 11.8. The van der Waals surface area contributed by atoms with Gasteiger partial charge >= 0.3 is 0 Å². The molecule has 0 aliphatic rings. The molecule has 0 aromatic carbocycles. The van der Waals surface area contributed by atoms with Gasteiger partial charge in [-0.3, -0.25) is 9.89 Å². The number of aromatic nitrogens is 2. The Hall–Kier alpha value is -1.52. The van der Waals surface area contributed by atoms with E-state index < -0.39 is 0 Å². The summed E-state index contributed by atoms with van der Waals surface area (Å²) in [6.45, 7) is 6.56. The summed E-state index contributed by atoms with van der Waals surface area (Å²) in [5.74, 6) is 0.278. The van der Waals surface area contributed by atoms with Gasteiger partial charge in [0.1, 0.15) is 11.5 Å². The van der Waals surface area contributed by atoms with Crippen molar-refractivity contribution in [2.45, 2.75) is 26.8 Å². The average Bonchev–Trinajstić information content (AvgIpc) is 2.52. The first kappa shape index (κ1) is 10.6. The lowest BCUT2D eigenvalue weighted by Gasteiger charge is -2.24. The summed E-state index contributed by atoms with van der Waals surface area (Å²) in [4.78, 5) is 13.6. The zero-order valence-corrected chi connectivity index (χ0v) is 8.74. The Morgan fingerprint density at radius 3 is 2.71 bits per heavy atom. The topological polar surface area (TPSA) is 75.0 Å². The van der Waals surface area contributed by atoms with Gasteiger partial charge in [0, 0.05) is 18.7 Å². The van der Waals surface area contributed by atoms with E-state index in [2.05, 4.69) is 10.2 Å². The van der Waals surface area contributed by atoms with Gasteiger partial charge < -0.3 is 10.6 Å². The zero-order chi connectivity index (χ0) is 10.7. The van der Waals surface area contributed by atoms with Gasteiger partial charge in [0.05, 0.1) is 0 Å². The quantitative estimate of drug-likeness (QED) is 0.753. The summed E-state index contributed by atoms with van der Waals surface area (Å²) in [6.07, 6.45) is 0. The minimum Gasteiger partial charge on any atom is -0.382 e. The molecule has 0 radical (unpaired) electrons. The van der Waals surface area contributed by atoms with Crippen LogP contribution < -0.4 is 5.73 Å². The predicted molar refractivity (Wildman–Crippen MR) is 54.8 cm³/mol. The summed E-state index contributed by atoms with van der Waals surface area (Å²) in [7, 11) is 0. The molecule has 0 fully saturated rings. The van der Waals surface area contributed by atoms with Crippen LogP contribution in [0.15, 0.2) is 6.07 Å². The fraction of sp³-hybridized carbons (Fsp3) is 0.556. The number of nitrogens with one attached hydrogen (secondary N) is 1. The lowest BCUT2D eigenvalue weighted by Crippen LogP contribution is -2.36. The van der Waals surface area contributed by atoms with Crippen LogP contribution in [0.5, 0.6) is 0 Å². The fourth-order valence-corrected chi connectivity index (χ4v) is 1.34. The first-order valence-electron chi connectivity index (χ1n) is 4.68. The maximum Gasteiger partial charge on any atom is 0.272 e. The average molecular weight is 196 g/mol. The number of nitrogens with zero attached hydrogens (tertiary/aromatic N) is 2. The number of aromatic amines is 1. The third-order valence-electron chi connectivity index (χ3n) is 2.05. The van der Waals surface area contributed by atoms with Crippen molar-refractivity contribution in [1.29, 1.82) is 0 Å². The van der Waals surface area contributed by atoms with Gasteiger partial charge in [0.25, 0.3) is 5.91 Å². The second-order valence-electron chi connectivity index (χ2n) is 3.39. The number of hydrogen-bond donors (Lipinski definition) is 2. The summed E-state index contributed by atoms with van der Waals surface area (Å²) in [5.41, 5.74) is 5.86. The van der Waals surface area contributed by atoms with Gasteiger partial charge in [-0.2, -0.15) is 5.10 Å². The van der Waals surface area contributed by atoms with Crippen molar-refractivity contribution < 1.29 is 4.79 Å². The summed E-state index contributed by atoms with van der Waals surface area (Å²) >= 11 is 0. The van der Waals surface area contributed by atoms with Crippen molar-refractivity contribution in [2.24, 2.45) is 0 Å². The number of nitrogen functional groups attached to an aromatic ring is 1. The molecule has 0 atom stereocenters. The van der Waals surface area contributed by atoms with Crippen LogP contribution in [0.4, 0.5) is 5.82 Å². The maximum atomic E-state index is 11.8. The molecule has 1 amide bonds. The molecule has 14 heavy (non-hydrogen) atoms. The number of anilines is 1. The van der Waals surface area contributed by atoms with Crippen molar-refractivity contribution in [3.63, 3.8) is 0 Å². The Bertz CT molecular complexity index is 318. The number of nitrogens with two attached hydrogens (primary N) is 1. The Morgan fingerprint density at radius 1 is 1.71 bits per heavy atom. The largest absolute Gasteiger partial charge is 0.382 e. The van der Waals surface area contributed by atoms with Crippen LogP contribution >= 0.6 is 0 Å². The number of carbonyl (C=O) groups is 1. The van der Waals surface area contributed by atoms with E-state index in [9.17, 15) is 4.79 Å². The van der Waals surface area contributed by atoms with Crippen LogP contribution in [0.25, 0.3) is 0 Å². The summed E-state index contributed by atoms with van der Waals surface area (Å²) in [5, 5.41) is 6.33. The Kier molecular flexibility index (Phi) is 3.11. The highest BCUT2D eigenvalue weighted by Gasteiger charge is 2.18. The van der Waals surface area contributed by atoms with Crippen molar-refractivity contribution in [2.75, 3.05) is 12.3 Å². The minimum atomic E-state index is -0.0632. The third-order valence-corrected chi connectivity index (χ3v) is 2.05. The highest BCUT2D eigenvalue weighted by molar-refractivity contribution is 5.93. The van der Waals surface area contributed by atoms with Crippen molar-refractivity contribution in [1.82, 2.24) is 15.1 Å². The SMILES string of the molecule is CCN(C(=O)c1cc(N)n[nH]1)C(C)C. The van der Waals surface area contributed by atoms with E-state index >= 15 is 0 Å². The number of amides is 1. The van der Waals surface area contributed by atoms with Crippen molar-refractivity contribution >= 4 is 11.7 Å². The molecule has 78 valence electrons. The molecule has 1 rings (SSSR count). The van der Waals surface area contributed by atoms with Crippen LogP contribution in [0.2, 0.25) is 0 Å². The summed E-state index contributed by atoms with van der Waals surface area (Å²) < 4.78 is 0. The number of hydrogen-bond acceptors (Lipinski definition) is 3. The summed E-state index contributed by atoms with van der Waals surface area (Å²) in [6, 6.07) is 1.73.